The highest BCUT2D eigenvalue weighted by Gasteiger charge is 2.61. The topological polar surface area (TPSA) is 105 Å². The van der Waals surface area contributed by atoms with Crippen LogP contribution in [0.5, 0.6) is 0 Å². The van der Waals surface area contributed by atoms with E-state index in [1.165, 1.54) is 18.3 Å². The predicted molar refractivity (Wildman–Crippen MR) is 139 cm³/mol. The number of hydrogen-bond acceptors (Lipinski definition) is 7. The van der Waals surface area contributed by atoms with E-state index in [9.17, 15) is 19.7 Å². The Morgan fingerprint density at radius 2 is 1.37 bits per heavy atom. The van der Waals surface area contributed by atoms with Crippen LogP contribution < -0.4 is 4.90 Å². The zero-order valence-electron chi connectivity index (χ0n) is 20.4. The van der Waals surface area contributed by atoms with Gasteiger partial charge >= 0.3 is 0 Å². The third-order valence-electron chi connectivity index (χ3n) is 8.31. The number of imide groups is 1. The Bertz CT molecular complexity index is 1410. The van der Waals surface area contributed by atoms with Gasteiger partial charge in [-0.05, 0) is 28.3 Å². The Morgan fingerprint density at radius 3 is 1.87 bits per heavy atom. The molecule has 2 heterocycles. The molecule has 3 aliphatic carbocycles. The van der Waals surface area contributed by atoms with Gasteiger partial charge in [-0.2, -0.15) is 10.1 Å². The number of benzene rings is 3. The van der Waals surface area contributed by atoms with Crippen LogP contribution in [0, 0.1) is 22.0 Å². The molecule has 2 bridgehead atoms. The van der Waals surface area contributed by atoms with Crippen molar-refractivity contribution in [2.75, 3.05) is 31.2 Å². The summed E-state index contributed by atoms with van der Waals surface area (Å²) in [6.45, 7) is 2.35. The molecule has 0 radical (unpaired) electrons. The third kappa shape index (κ3) is 3.24. The first-order valence-electron chi connectivity index (χ1n) is 12.7. The van der Waals surface area contributed by atoms with Gasteiger partial charge in [0.25, 0.3) is 17.5 Å². The standard InChI is InChI=1S/C29H24N4O5/c34-28-26-24-19-5-1-2-6-20(19)25(22-8-4-3-7-21(22)24)27(26)29(35)32(28)30-16-17-15-18(33(36)37)9-10-23(17)31-11-13-38-14-12-31/h1-10,15-16,24-27H,11-14H2/b30-16-/t24?,25?,26-,27-/m0/s1. The summed E-state index contributed by atoms with van der Waals surface area (Å²) in [6.07, 6.45) is 1.41. The zero-order chi connectivity index (χ0) is 26.0. The van der Waals surface area contributed by atoms with E-state index in [1.54, 1.807) is 6.07 Å². The molecule has 2 atom stereocenters. The van der Waals surface area contributed by atoms with Gasteiger partial charge in [-0.1, -0.05) is 48.5 Å². The fourth-order valence-electron chi connectivity index (χ4n) is 6.75. The van der Waals surface area contributed by atoms with Crippen molar-refractivity contribution in [3.63, 3.8) is 0 Å². The number of amides is 2. The normalized spacial score (nSPS) is 25.5. The van der Waals surface area contributed by atoms with Gasteiger partial charge in [-0.3, -0.25) is 19.7 Å². The summed E-state index contributed by atoms with van der Waals surface area (Å²) in [4.78, 5) is 40.7. The van der Waals surface area contributed by atoms with Gasteiger partial charge in [0, 0.05) is 48.3 Å². The lowest BCUT2D eigenvalue weighted by molar-refractivity contribution is -0.384. The minimum absolute atomic E-state index is 0.0832. The Morgan fingerprint density at radius 1 is 0.842 bits per heavy atom. The highest BCUT2D eigenvalue weighted by Crippen LogP contribution is 2.60. The van der Waals surface area contributed by atoms with Crippen LogP contribution in [0.2, 0.25) is 0 Å². The Hall–Kier alpha value is -4.37. The second-order valence-electron chi connectivity index (χ2n) is 10.1. The first-order valence-corrected chi connectivity index (χ1v) is 12.7. The average molecular weight is 509 g/mol. The van der Waals surface area contributed by atoms with Gasteiger partial charge in [0.05, 0.1) is 36.2 Å². The second kappa shape index (κ2) is 8.59. The molecule has 8 rings (SSSR count). The summed E-state index contributed by atoms with van der Waals surface area (Å²) in [5.74, 6) is -2.13. The molecule has 0 N–H and O–H groups in total. The molecule has 2 saturated heterocycles. The highest BCUT2D eigenvalue weighted by atomic mass is 16.6. The maximum absolute atomic E-state index is 13.8. The number of rotatable bonds is 4. The molecule has 3 aromatic carbocycles. The maximum Gasteiger partial charge on any atom is 0.270 e. The first kappa shape index (κ1) is 22.8. The molecule has 2 aliphatic heterocycles. The summed E-state index contributed by atoms with van der Waals surface area (Å²) < 4.78 is 5.44. The fourth-order valence-corrected chi connectivity index (χ4v) is 6.75. The molecular formula is C29H24N4O5. The molecule has 9 nitrogen and oxygen atoms in total. The fraction of sp³-hybridized carbons (Fsp3) is 0.276. The molecule has 2 fully saturated rings. The van der Waals surface area contributed by atoms with E-state index in [1.807, 2.05) is 24.3 Å². The number of anilines is 1. The molecule has 190 valence electrons. The number of morpholine rings is 1. The zero-order valence-corrected chi connectivity index (χ0v) is 20.4. The highest BCUT2D eigenvalue weighted by molar-refractivity contribution is 6.08. The Labute approximate surface area is 218 Å². The number of nitro benzene ring substituents is 1. The van der Waals surface area contributed by atoms with Crippen molar-refractivity contribution in [3.8, 4) is 0 Å². The number of nitrogens with zero attached hydrogens (tertiary/aromatic N) is 4. The number of non-ortho nitro benzene ring substituents is 1. The van der Waals surface area contributed by atoms with Crippen molar-refractivity contribution in [1.29, 1.82) is 0 Å². The molecule has 0 saturated carbocycles. The number of hydrogen-bond donors (Lipinski definition) is 0. The molecule has 9 heteroatoms. The van der Waals surface area contributed by atoms with E-state index >= 15 is 0 Å². The average Bonchev–Trinajstić information content (AvgIpc) is 3.21. The van der Waals surface area contributed by atoms with E-state index in [4.69, 9.17) is 4.74 Å². The molecule has 3 aromatic rings. The lowest BCUT2D eigenvalue weighted by Gasteiger charge is -2.45. The molecule has 0 unspecified atom stereocenters. The van der Waals surface area contributed by atoms with E-state index < -0.39 is 16.8 Å². The lowest BCUT2D eigenvalue weighted by atomic mass is 9.55. The van der Waals surface area contributed by atoms with Gasteiger partial charge in [-0.15, -0.1) is 0 Å². The summed E-state index contributed by atoms with van der Waals surface area (Å²) >= 11 is 0. The van der Waals surface area contributed by atoms with E-state index in [0.717, 1.165) is 33.0 Å². The number of nitro groups is 1. The van der Waals surface area contributed by atoms with Gasteiger partial charge < -0.3 is 9.64 Å². The van der Waals surface area contributed by atoms with Crippen LogP contribution in [0.1, 0.15) is 39.7 Å². The van der Waals surface area contributed by atoms with Crippen molar-refractivity contribution >= 4 is 29.4 Å². The Balaban J connectivity index is 1.28. The van der Waals surface area contributed by atoms with Crippen molar-refractivity contribution < 1.29 is 19.2 Å². The molecule has 2 amide bonds. The largest absolute Gasteiger partial charge is 0.378 e. The minimum Gasteiger partial charge on any atom is -0.378 e. The SMILES string of the molecule is O=C1[C@H]2C3c4ccccc4C(c4ccccc43)[C@@H]2C(=O)N1/N=C\c1cc([N+](=O)[O-])ccc1N1CCOCC1. The van der Waals surface area contributed by atoms with Crippen LogP contribution in [0.15, 0.2) is 71.8 Å². The minimum atomic E-state index is -0.529. The molecule has 5 aliphatic rings. The quantitative estimate of drug-likeness (QED) is 0.231. The van der Waals surface area contributed by atoms with Crippen LogP contribution in [-0.2, 0) is 14.3 Å². The molecular weight excluding hydrogens is 484 g/mol. The maximum atomic E-state index is 13.8. The third-order valence-corrected chi connectivity index (χ3v) is 8.31. The van der Waals surface area contributed by atoms with Crippen molar-refractivity contribution in [3.05, 3.63) is 105 Å². The van der Waals surface area contributed by atoms with Crippen LogP contribution in [0.25, 0.3) is 0 Å². The van der Waals surface area contributed by atoms with Crippen LogP contribution in [-0.4, -0.2) is 54.3 Å². The molecule has 38 heavy (non-hydrogen) atoms. The van der Waals surface area contributed by atoms with Crippen LogP contribution in [0.4, 0.5) is 11.4 Å². The van der Waals surface area contributed by atoms with Crippen LogP contribution >= 0.6 is 0 Å². The number of carbonyl (C=O) groups excluding carboxylic acids is 2. The number of carbonyl (C=O) groups is 2. The van der Waals surface area contributed by atoms with Gasteiger partial charge in [0.15, 0.2) is 0 Å². The van der Waals surface area contributed by atoms with E-state index in [-0.39, 0.29) is 29.3 Å². The van der Waals surface area contributed by atoms with Gasteiger partial charge in [0.1, 0.15) is 0 Å². The predicted octanol–water partition coefficient (Wildman–Crippen LogP) is 3.66. The summed E-state index contributed by atoms with van der Waals surface area (Å²) in [5.41, 5.74) is 5.52. The number of hydrazone groups is 1. The monoisotopic (exact) mass is 508 g/mol. The first-order chi connectivity index (χ1) is 18.5. The van der Waals surface area contributed by atoms with Crippen LogP contribution in [0.3, 0.4) is 0 Å². The van der Waals surface area contributed by atoms with Crippen molar-refractivity contribution in [2.45, 2.75) is 11.8 Å². The van der Waals surface area contributed by atoms with Gasteiger partial charge in [-0.25, -0.2) is 0 Å². The summed E-state index contributed by atoms with van der Waals surface area (Å²) in [7, 11) is 0. The van der Waals surface area contributed by atoms with E-state index in [2.05, 4.69) is 34.3 Å². The number of ether oxygens (including phenoxy) is 1. The molecule has 0 spiro atoms. The second-order valence-corrected chi connectivity index (χ2v) is 10.1. The van der Waals surface area contributed by atoms with Crippen molar-refractivity contribution in [2.24, 2.45) is 16.9 Å². The van der Waals surface area contributed by atoms with Crippen molar-refractivity contribution in [1.82, 2.24) is 5.01 Å². The van der Waals surface area contributed by atoms with E-state index in [0.29, 0.717) is 31.9 Å². The summed E-state index contributed by atoms with van der Waals surface area (Å²) in [5, 5.41) is 16.9. The summed E-state index contributed by atoms with van der Waals surface area (Å²) in [6, 6.07) is 20.7. The molecule has 0 aromatic heterocycles. The lowest BCUT2D eigenvalue weighted by Crippen LogP contribution is -2.41. The Kier molecular flexibility index (Phi) is 5.16. The smallest absolute Gasteiger partial charge is 0.270 e. The van der Waals surface area contributed by atoms with Gasteiger partial charge in [0.2, 0.25) is 0 Å².